The second-order valence-corrected chi connectivity index (χ2v) is 7.49. The van der Waals surface area contributed by atoms with Crippen molar-refractivity contribution in [3.63, 3.8) is 0 Å². The first-order valence-electron chi connectivity index (χ1n) is 7.70. The summed E-state index contributed by atoms with van der Waals surface area (Å²) in [4.78, 5) is 11.0. The molecule has 1 N–H and O–H groups in total. The fraction of sp³-hybridized carbons (Fsp3) is 0.278. The molecule has 0 aromatic heterocycles. The Bertz CT molecular complexity index is 796. The van der Waals surface area contributed by atoms with E-state index in [1.165, 1.54) is 4.31 Å². The number of carboxylic acid groups (broad SMARTS) is 1. The monoisotopic (exact) mass is 347 g/mol. The Hall–Kier alpha value is -2.34. The number of carbonyl (C=O) groups is 1. The minimum Gasteiger partial charge on any atom is -0.481 e. The molecule has 6 heteroatoms. The van der Waals surface area contributed by atoms with Crippen LogP contribution in [0, 0.1) is 13.8 Å². The molecule has 0 spiro atoms. The van der Waals surface area contributed by atoms with Crippen molar-refractivity contribution in [1.82, 2.24) is 0 Å². The van der Waals surface area contributed by atoms with Gasteiger partial charge in [-0.3, -0.25) is 9.10 Å². The summed E-state index contributed by atoms with van der Waals surface area (Å²) in [5.74, 6) is -0.937. The molecule has 0 heterocycles. The molecule has 2 aromatic rings. The fourth-order valence-corrected chi connectivity index (χ4v) is 4.30. The first-order chi connectivity index (χ1) is 11.3. The van der Waals surface area contributed by atoms with Crippen molar-refractivity contribution in [1.29, 1.82) is 0 Å². The highest BCUT2D eigenvalue weighted by atomic mass is 32.2. The van der Waals surface area contributed by atoms with E-state index in [0.717, 1.165) is 11.1 Å². The molecule has 2 rings (SSSR count). The van der Waals surface area contributed by atoms with Crippen LogP contribution in [0.4, 0.5) is 5.69 Å². The number of carboxylic acids is 1. The van der Waals surface area contributed by atoms with Gasteiger partial charge in [-0.2, -0.15) is 0 Å². The van der Waals surface area contributed by atoms with Gasteiger partial charge in [0.2, 0.25) is 0 Å². The lowest BCUT2D eigenvalue weighted by atomic mass is 10.1. The number of sulfonamides is 1. The maximum atomic E-state index is 13.1. The van der Waals surface area contributed by atoms with Gasteiger partial charge in [0, 0.05) is 13.0 Å². The molecule has 0 unspecified atom stereocenters. The smallest absolute Gasteiger partial charge is 0.303 e. The number of benzene rings is 2. The predicted octanol–water partition coefficient (Wildman–Crippen LogP) is 3.36. The maximum Gasteiger partial charge on any atom is 0.303 e. The number of rotatable bonds is 7. The largest absolute Gasteiger partial charge is 0.481 e. The van der Waals surface area contributed by atoms with Crippen LogP contribution in [0.5, 0.6) is 0 Å². The van der Waals surface area contributed by atoms with Gasteiger partial charge in [0.25, 0.3) is 10.0 Å². The summed E-state index contributed by atoms with van der Waals surface area (Å²) in [6, 6.07) is 13.8. The maximum absolute atomic E-state index is 13.1. The molecule has 5 nitrogen and oxygen atoms in total. The van der Waals surface area contributed by atoms with Crippen LogP contribution in [0.2, 0.25) is 0 Å². The van der Waals surface area contributed by atoms with Gasteiger partial charge in [-0.1, -0.05) is 36.4 Å². The highest BCUT2D eigenvalue weighted by Gasteiger charge is 2.26. The van der Waals surface area contributed by atoms with E-state index < -0.39 is 16.0 Å². The molecule has 0 aliphatic carbocycles. The second kappa shape index (κ2) is 7.49. The van der Waals surface area contributed by atoms with Crippen LogP contribution in [0.25, 0.3) is 0 Å². The van der Waals surface area contributed by atoms with E-state index >= 15 is 0 Å². The lowest BCUT2D eigenvalue weighted by Gasteiger charge is -2.27. The third kappa shape index (κ3) is 3.94. The molecule has 0 radical (unpaired) electrons. The van der Waals surface area contributed by atoms with Crippen molar-refractivity contribution in [2.75, 3.05) is 10.8 Å². The normalized spacial score (nSPS) is 11.2. The predicted molar refractivity (Wildman–Crippen MR) is 93.8 cm³/mol. The number of aryl methyl sites for hydroxylation is 2. The Labute approximate surface area is 142 Å². The molecule has 0 atom stereocenters. The average molecular weight is 347 g/mol. The average Bonchev–Trinajstić information content (AvgIpc) is 2.53. The summed E-state index contributed by atoms with van der Waals surface area (Å²) >= 11 is 0. The van der Waals surface area contributed by atoms with Crippen LogP contribution >= 0.6 is 0 Å². The summed E-state index contributed by atoms with van der Waals surface area (Å²) in [6.07, 6.45) is 0.168. The molecule has 0 fully saturated rings. The molecule has 0 amide bonds. The van der Waals surface area contributed by atoms with Gasteiger partial charge >= 0.3 is 5.97 Å². The van der Waals surface area contributed by atoms with Crippen LogP contribution in [-0.2, 0) is 14.8 Å². The quantitative estimate of drug-likeness (QED) is 0.833. The van der Waals surface area contributed by atoms with Crippen molar-refractivity contribution >= 4 is 21.7 Å². The third-order valence-electron chi connectivity index (χ3n) is 3.77. The highest BCUT2D eigenvalue weighted by molar-refractivity contribution is 7.92. The van der Waals surface area contributed by atoms with E-state index in [-0.39, 0.29) is 24.3 Å². The first kappa shape index (κ1) is 18.0. The van der Waals surface area contributed by atoms with Gasteiger partial charge < -0.3 is 5.11 Å². The molecule has 0 aliphatic rings. The van der Waals surface area contributed by atoms with Gasteiger partial charge in [-0.25, -0.2) is 8.42 Å². The molecular formula is C18H21NO4S. The molecule has 0 aliphatic heterocycles. The standard InChI is InChI=1S/C18H21NO4S/c1-14-8-6-9-15(2)18(14)19(13-7-12-17(20)21)24(22,23)16-10-4-3-5-11-16/h3-6,8-11H,7,12-13H2,1-2H3,(H,20,21). The van der Waals surface area contributed by atoms with E-state index in [0.29, 0.717) is 5.69 Å². The van der Waals surface area contributed by atoms with Crippen molar-refractivity contribution < 1.29 is 18.3 Å². The van der Waals surface area contributed by atoms with E-state index in [1.54, 1.807) is 30.3 Å². The van der Waals surface area contributed by atoms with Crippen LogP contribution in [0.15, 0.2) is 53.4 Å². The Balaban J connectivity index is 2.49. The molecule has 0 saturated heterocycles. The summed E-state index contributed by atoms with van der Waals surface area (Å²) in [5.41, 5.74) is 2.29. The van der Waals surface area contributed by atoms with E-state index in [9.17, 15) is 13.2 Å². The van der Waals surface area contributed by atoms with Gasteiger partial charge in [0.1, 0.15) is 0 Å². The second-order valence-electron chi connectivity index (χ2n) is 5.63. The molecule has 2 aromatic carbocycles. The van der Waals surface area contributed by atoms with Crippen molar-refractivity contribution in [2.24, 2.45) is 0 Å². The fourth-order valence-electron chi connectivity index (χ4n) is 2.64. The van der Waals surface area contributed by atoms with Crippen LogP contribution in [0.3, 0.4) is 0 Å². The molecular weight excluding hydrogens is 326 g/mol. The Morgan fingerprint density at radius 1 is 1.00 bits per heavy atom. The highest BCUT2D eigenvalue weighted by Crippen LogP contribution is 2.30. The van der Waals surface area contributed by atoms with Gasteiger partial charge in [0.05, 0.1) is 10.6 Å². The lowest BCUT2D eigenvalue weighted by Crippen LogP contribution is -2.33. The summed E-state index contributed by atoms with van der Waals surface area (Å²) in [7, 11) is -3.76. The van der Waals surface area contributed by atoms with E-state index in [2.05, 4.69) is 0 Å². The third-order valence-corrected chi connectivity index (χ3v) is 5.59. The molecule has 24 heavy (non-hydrogen) atoms. The van der Waals surface area contributed by atoms with Gasteiger partial charge in [-0.05, 0) is 43.5 Å². The number of para-hydroxylation sites is 1. The minimum atomic E-state index is -3.76. The zero-order valence-electron chi connectivity index (χ0n) is 13.8. The van der Waals surface area contributed by atoms with Crippen molar-refractivity contribution in [3.8, 4) is 0 Å². The van der Waals surface area contributed by atoms with Crippen LogP contribution in [0.1, 0.15) is 24.0 Å². The SMILES string of the molecule is Cc1cccc(C)c1N(CCCC(=O)O)S(=O)(=O)c1ccccc1. The minimum absolute atomic E-state index is 0.0776. The molecule has 128 valence electrons. The van der Waals surface area contributed by atoms with E-state index in [1.807, 2.05) is 32.0 Å². The topological polar surface area (TPSA) is 74.7 Å². The summed E-state index contributed by atoms with van der Waals surface area (Å²) in [6.45, 7) is 3.83. The number of anilines is 1. The van der Waals surface area contributed by atoms with Crippen molar-refractivity contribution in [2.45, 2.75) is 31.6 Å². The van der Waals surface area contributed by atoms with Crippen LogP contribution < -0.4 is 4.31 Å². The summed E-state index contributed by atoms with van der Waals surface area (Å²) < 4.78 is 27.5. The van der Waals surface area contributed by atoms with E-state index in [4.69, 9.17) is 5.11 Å². The number of nitrogens with zero attached hydrogens (tertiary/aromatic N) is 1. The zero-order valence-corrected chi connectivity index (χ0v) is 14.6. The first-order valence-corrected chi connectivity index (χ1v) is 9.14. The summed E-state index contributed by atoms with van der Waals surface area (Å²) in [5, 5.41) is 8.86. The van der Waals surface area contributed by atoms with Crippen molar-refractivity contribution in [3.05, 3.63) is 59.7 Å². The molecule has 0 saturated carbocycles. The number of aliphatic carboxylic acids is 1. The van der Waals surface area contributed by atoms with Gasteiger partial charge in [0.15, 0.2) is 0 Å². The number of hydrogen-bond donors (Lipinski definition) is 1. The van der Waals surface area contributed by atoms with Gasteiger partial charge in [-0.15, -0.1) is 0 Å². The lowest BCUT2D eigenvalue weighted by molar-refractivity contribution is -0.137. The number of hydrogen-bond acceptors (Lipinski definition) is 3. The Morgan fingerprint density at radius 2 is 1.58 bits per heavy atom. The zero-order chi connectivity index (χ0) is 17.7. The Morgan fingerprint density at radius 3 is 2.12 bits per heavy atom. The van der Waals surface area contributed by atoms with Crippen LogP contribution in [-0.4, -0.2) is 26.0 Å². The molecule has 0 bridgehead atoms. The Kier molecular flexibility index (Phi) is 5.62.